The molecule has 0 bridgehead atoms. The van der Waals surface area contributed by atoms with E-state index in [0.29, 0.717) is 11.8 Å². The first-order chi connectivity index (χ1) is 8.95. The minimum atomic E-state index is -0.444. The monoisotopic (exact) mass is 263 g/mol. The fraction of sp³-hybridized carbons (Fsp3) is 0.562. The molecule has 1 aliphatic rings. The van der Waals surface area contributed by atoms with Crippen LogP contribution in [-0.2, 0) is 0 Å². The van der Waals surface area contributed by atoms with Gasteiger partial charge in [-0.3, -0.25) is 4.79 Å². The minimum absolute atomic E-state index is 0.158. The lowest BCUT2D eigenvalue weighted by Gasteiger charge is -2.32. The van der Waals surface area contributed by atoms with Crippen molar-refractivity contribution in [1.82, 2.24) is 5.32 Å². The summed E-state index contributed by atoms with van der Waals surface area (Å²) in [5.74, 6) is 0.514. The third-order valence-corrected chi connectivity index (χ3v) is 3.88. The maximum Gasteiger partial charge on any atom is 0.254 e. The molecule has 2 rings (SSSR count). The molecule has 1 amide bonds. The van der Waals surface area contributed by atoms with Gasteiger partial charge >= 0.3 is 0 Å². The number of rotatable bonds is 2. The molecule has 19 heavy (non-hydrogen) atoms. The van der Waals surface area contributed by atoms with Crippen molar-refractivity contribution in [2.45, 2.75) is 46.1 Å². The lowest BCUT2D eigenvalue weighted by atomic mass is 9.80. The number of halogens is 1. The molecule has 1 N–H and O–H groups in total. The van der Waals surface area contributed by atoms with Crippen molar-refractivity contribution in [3.05, 3.63) is 35.1 Å². The third kappa shape index (κ3) is 3.55. The van der Waals surface area contributed by atoms with Gasteiger partial charge in [0.05, 0.1) is 5.56 Å². The number of benzene rings is 1. The molecule has 1 aliphatic carbocycles. The number of nitrogens with one attached hydrogen (secondary N) is 1. The number of amides is 1. The summed E-state index contributed by atoms with van der Waals surface area (Å²) in [7, 11) is 0. The largest absolute Gasteiger partial charge is 0.349 e. The van der Waals surface area contributed by atoms with E-state index >= 15 is 0 Å². The van der Waals surface area contributed by atoms with Crippen LogP contribution in [0.3, 0.4) is 0 Å². The van der Waals surface area contributed by atoms with Crippen LogP contribution < -0.4 is 5.32 Å². The number of carbonyl (C=O) groups excluding carboxylic acids is 1. The summed E-state index contributed by atoms with van der Waals surface area (Å²) in [5, 5.41) is 2.99. The molecule has 1 aromatic rings. The second-order valence-corrected chi connectivity index (χ2v) is 6.07. The molecule has 0 spiro atoms. The second-order valence-electron chi connectivity index (χ2n) is 6.07. The lowest BCUT2D eigenvalue weighted by Crippen LogP contribution is -2.40. The first-order valence-electron chi connectivity index (χ1n) is 7.02. The van der Waals surface area contributed by atoms with Gasteiger partial charge in [-0.2, -0.15) is 0 Å². The van der Waals surface area contributed by atoms with E-state index in [9.17, 15) is 9.18 Å². The fourth-order valence-corrected chi connectivity index (χ4v) is 3.14. The van der Waals surface area contributed by atoms with Crippen molar-refractivity contribution in [3.8, 4) is 0 Å². The van der Waals surface area contributed by atoms with E-state index in [1.54, 1.807) is 12.1 Å². The molecular weight excluding hydrogens is 241 g/mol. The van der Waals surface area contributed by atoms with E-state index in [-0.39, 0.29) is 17.5 Å². The number of carbonyl (C=O) groups is 1. The van der Waals surface area contributed by atoms with Crippen molar-refractivity contribution >= 4 is 5.91 Å². The van der Waals surface area contributed by atoms with Gasteiger partial charge in [-0.05, 0) is 50.2 Å². The van der Waals surface area contributed by atoms with Gasteiger partial charge in [0.15, 0.2) is 0 Å². The van der Waals surface area contributed by atoms with Gasteiger partial charge in [0.2, 0.25) is 0 Å². The van der Waals surface area contributed by atoms with Crippen molar-refractivity contribution in [1.29, 1.82) is 0 Å². The van der Waals surface area contributed by atoms with Crippen molar-refractivity contribution in [2.24, 2.45) is 11.8 Å². The van der Waals surface area contributed by atoms with Crippen LogP contribution in [0.5, 0.6) is 0 Å². The Hall–Kier alpha value is -1.38. The Morgan fingerprint density at radius 3 is 2.47 bits per heavy atom. The van der Waals surface area contributed by atoms with Gasteiger partial charge in [0.25, 0.3) is 5.91 Å². The third-order valence-electron chi connectivity index (χ3n) is 3.88. The summed E-state index contributed by atoms with van der Waals surface area (Å²) in [6, 6.07) is 4.82. The van der Waals surface area contributed by atoms with E-state index in [0.717, 1.165) is 18.4 Å². The van der Waals surface area contributed by atoms with Crippen LogP contribution in [0.15, 0.2) is 18.2 Å². The molecular formula is C16H22FNO. The highest BCUT2D eigenvalue weighted by molar-refractivity contribution is 5.94. The minimum Gasteiger partial charge on any atom is -0.349 e. The van der Waals surface area contributed by atoms with E-state index in [2.05, 4.69) is 19.2 Å². The van der Waals surface area contributed by atoms with Crippen LogP contribution in [0.2, 0.25) is 0 Å². The van der Waals surface area contributed by atoms with Gasteiger partial charge < -0.3 is 5.32 Å². The molecule has 1 aromatic carbocycles. The summed E-state index contributed by atoms with van der Waals surface area (Å²) in [5.41, 5.74) is 1.06. The standard InChI is InChI=1S/C16H22FNO/c1-10-4-5-15(17)14(9-10)16(19)18-13-7-11(2)6-12(3)8-13/h4-5,9,11-13H,6-8H2,1-3H3,(H,18,19). The summed E-state index contributed by atoms with van der Waals surface area (Å²) >= 11 is 0. The van der Waals surface area contributed by atoms with Crippen LogP contribution in [0.25, 0.3) is 0 Å². The maximum atomic E-state index is 13.7. The first-order valence-corrected chi connectivity index (χ1v) is 7.02. The molecule has 0 aliphatic heterocycles. The number of hydrogen-bond acceptors (Lipinski definition) is 1. The molecule has 3 heteroatoms. The molecule has 2 atom stereocenters. The van der Waals surface area contributed by atoms with Gasteiger partial charge in [0.1, 0.15) is 5.82 Å². The molecule has 2 unspecified atom stereocenters. The van der Waals surface area contributed by atoms with Crippen LogP contribution in [0.1, 0.15) is 49.0 Å². The van der Waals surface area contributed by atoms with Gasteiger partial charge in [-0.15, -0.1) is 0 Å². The van der Waals surface area contributed by atoms with Crippen LogP contribution in [0, 0.1) is 24.6 Å². The van der Waals surface area contributed by atoms with Gasteiger partial charge in [-0.1, -0.05) is 25.5 Å². The highest BCUT2D eigenvalue weighted by Gasteiger charge is 2.26. The highest BCUT2D eigenvalue weighted by Crippen LogP contribution is 2.28. The van der Waals surface area contributed by atoms with E-state index in [1.165, 1.54) is 12.5 Å². The summed E-state index contributed by atoms with van der Waals surface area (Å²) in [6.07, 6.45) is 3.19. The Labute approximate surface area is 114 Å². The first kappa shape index (κ1) is 14.0. The smallest absolute Gasteiger partial charge is 0.254 e. The second kappa shape index (κ2) is 5.72. The molecule has 1 saturated carbocycles. The average molecular weight is 263 g/mol. The zero-order valence-electron chi connectivity index (χ0n) is 11.9. The van der Waals surface area contributed by atoms with Crippen LogP contribution in [-0.4, -0.2) is 11.9 Å². The SMILES string of the molecule is Cc1ccc(F)c(C(=O)NC2CC(C)CC(C)C2)c1. The maximum absolute atomic E-state index is 13.7. The van der Waals surface area contributed by atoms with Crippen molar-refractivity contribution in [2.75, 3.05) is 0 Å². The average Bonchev–Trinajstić information content (AvgIpc) is 2.30. The lowest BCUT2D eigenvalue weighted by molar-refractivity contribution is 0.0907. The fourth-order valence-electron chi connectivity index (χ4n) is 3.14. The van der Waals surface area contributed by atoms with E-state index in [1.807, 2.05) is 6.92 Å². The molecule has 0 heterocycles. The summed E-state index contributed by atoms with van der Waals surface area (Å²) < 4.78 is 13.7. The predicted octanol–water partition coefficient (Wildman–Crippen LogP) is 3.69. The topological polar surface area (TPSA) is 29.1 Å². The zero-order chi connectivity index (χ0) is 14.0. The number of aryl methyl sites for hydroxylation is 1. The Morgan fingerprint density at radius 1 is 1.21 bits per heavy atom. The zero-order valence-corrected chi connectivity index (χ0v) is 11.9. The van der Waals surface area contributed by atoms with Gasteiger partial charge in [0, 0.05) is 6.04 Å². The Morgan fingerprint density at radius 2 is 1.84 bits per heavy atom. The molecule has 1 fully saturated rings. The Bertz CT molecular complexity index is 462. The quantitative estimate of drug-likeness (QED) is 0.866. The van der Waals surface area contributed by atoms with Crippen molar-refractivity contribution < 1.29 is 9.18 Å². The van der Waals surface area contributed by atoms with E-state index < -0.39 is 5.82 Å². The van der Waals surface area contributed by atoms with Crippen LogP contribution >= 0.6 is 0 Å². The van der Waals surface area contributed by atoms with Crippen LogP contribution in [0.4, 0.5) is 4.39 Å². The van der Waals surface area contributed by atoms with Gasteiger partial charge in [-0.25, -0.2) is 4.39 Å². The normalized spacial score (nSPS) is 27.1. The predicted molar refractivity (Wildman–Crippen MR) is 74.6 cm³/mol. The summed E-state index contributed by atoms with van der Waals surface area (Å²) in [4.78, 5) is 12.1. The summed E-state index contributed by atoms with van der Waals surface area (Å²) in [6.45, 7) is 6.28. The molecule has 0 radical (unpaired) electrons. The molecule has 0 aromatic heterocycles. The Kier molecular flexibility index (Phi) is 4.23. The Balaban J connectivity index is 2.06. The number of hydrogen-bond donors (Lipinski definition) is 1. The van der Waals surface area contributed by atoms with Crippen molar-refractivity contribution in [3.63, 3.8) is 0 Å². The molecule has 0 saturated heterocycles. The highest BCUT2D eigenvalue weighted by atomic mass is 19.1. The molecule has 2 nitrogen and oxygen atoms in total. The molecule has 104 valence electrons. The van der Waals surface area contributed by atoms with E-state index in [4.69, 9.17) is 0 Å².